The third-order valence-corrected chi connectivity index (χ3v) is 6.14. The van der Waals surface area contributed by atoms with E-state index in [1.165, 1.54) is 11.0 Å². The van der Waals surface area contributed by atoms with E-state index >= 15 is 0 Å². The van der Waals surface area contributed by atoms with Gasteiger partial charge in [0.1, 0.15) is 5.15 Å². The highest BCUT2D eigenvalue weighted by Gasteiger charge is 2.29. The van der Waals surface area contributed by atoms with Crippen molar-refractivity contribution >= 4 is 23.4 Å². The summed E-state index contributed by atoms with van der Waals surface area (Å²) in [4.78, 5) is 28.9. The van der Waals surface area contributed by atoms with Crippen LogP contribution in [-0.2, 0) is 6.54 Å². The van der Waals surface area contributed by atoms with Gasteiger partial charge in [0.25, 0.3) is 11.8 Å². The summed E-state index contributed by atoms with van der Waals surface area (Å²) in [5.74, 6) is -2.71. The average Bonchev–Trinajstić information content (AvgIpc) is 3.09. The quantitative estimate of drug-likeness (QED) is 0.575. The van der Waals surface area contributed by atoms with Gasteiger partial charge in [0.15, 0.2) is 11.6 Å². The van der Waals surface area contributed by atoms with Gasteiger partial charge in [-0.05, 0) is 37.6 Å². The van der Waals surface area contributed by atoms with Crippen molar-refractivity contribution in [2.45, 2.75) is 20.4 Å². The second-order valence-electron chi connectivity index (χ2n) is 8.11. The molecule has 172 valence electrons. The van der Waals surface area contributed by atoms with Crippen molar-refractivity contribution in [2.24, 2.45) is 0 Å². The molecule has 9 heteroatoms. The molecule has 0 N–H and O–H groups in total. The predicted octanol–water partition coefficient (Wildman–Crippen LogP) is 4.08. The molecule has 1 aliphatic rings. The van der Waals surface area contributed by atoms with E-state index in [4.69, 9.17) is 11.6 Å². The SMILES string of the molecule is Cc1ccc(Cn2nc(C)c(C(=O)N3CCN(C(=O)c4ccc(F)c(F)c4)CC3)c2Cl)cc1. The first-order valence-corrected chi connectivity index (χ1v) is 10.9. The van der Waals surface area contributed by atoms with E-state index in [-0.39, 0.29) is 29.7 Å². The summed E-state index contributed by atoms with van der Waals surface area (Å²) < 4.78 is 28.2. The number of carbonyl (C=O) groups is 2. The Hall–Kier alpha value is -3.26. The normalized spacial score (nSPS) is 14.0. The smallest absolute Gasteiger partial charge is 0.259 e. The summed E-state index contributed by atoms with van der Waals surface area (Å²) in [6.07, 6.45) is 0. The standard InChI is InChI=1S/C24H23ClF2N4O2/c1-15-3-5-17(6-4-15)14-31-22(25)21(16(2)28-31)24(33)30-11-9-29(10-12-30)23(32)18-7-8-19(26)20(27)13-18/h3-8,13H,9-12,14H2,1-2H3. The van der Waals surface area contributed by atoms with Gasteiger partial charge >= 0.3 is 0 Å². The molecule has 4 rings (SSSR count). The second-order valence-corrected chi connectivity index (χ2v) is 8.47. The Labute approximate surface area is 195 Å². The number of aromatic nitrogens is 2. The van der Waals surface area contributed by atoms with Crippen LogP contribution < -0.4 is 0 Å². The van der Waals surface area contributed by atoms with E-state index in [1.807, 2.05) is 31.2 Å². The highest BCUT2D eigenvalue weighted by molar-refractivity contribution is 6.33. The van der Waals surface area contributed by atoms with Gasteiger partial charge in [0, 0.05) is 31.7 Å². The Kier molecular flexibility index (Phi) is 6.47. The monoisotopic (exact) mass is 472 g/mol. The van der Waals surface area contributed by atoms with Crippen LogP contribution in [0.3, 0.4) is 0 Å². The summed E-state index contributed by atoms with van der Waals surface area (Å²) in [5.41, 5.74) is 3.14. The maximum Gasteiger partial charge on any atom is 0.259 e. The summed E-state index contributed by atoms with van der Waals surface area (Å²) in [7, 11) is 0. The summed E-state index contributed by atoms with van der Waals surface area (Å²) in [5, 5.41) is 4.72. The van der Waals surface area contributed by atoms with Gasteiger partial charge < -0.3 is 9.80 Å². The molecule has 0 atom stereocenters. The molecule has 1 saturated heterocycles. The van der Waals surface area contributed by atoms with Crippen molar-refractivity contribution in [3.05, 3.63) is 87.2 Å². The van der Waals surface area contributed by atoms with Crippen LogP contribution in [0.25, 0.3) is 0 Å². The van der Waals surface area contributed by atoms with Crippen LogP contribution in [0.2, 0.25) is 5.15 Å². The van der Waals surface area contributed by atoms with Crippen molar-refractivity contribution in [3.63, 3.8) is 0 Å². The first-order valence-electron chi connectivity index (χ1n) is 10.6. The van der Waals surface area contributed by atoms with Crippen molar-refractivity contribution in [1.82, 2.24) is 19.6 Å². The third kappa shape index (κ3) is 4.75. The molecule has 33 heavy (non-hydrogen) atoms. The molecule has 6 nitrogen and oxygen atoms in total. The van der Waals surface area contributed by atoms with E-state index in [0.29, 0.717) is 30.9 Å². The predicted molar refractivity (Wildman–Crippen MR) is 120 cm³/mol. The molecule has 0 saturated carbocycles. The summed E-state index contributed by atoms with van der Waals surface area (Å²) >= 11 is 6.53. The lowest BCUT2D eigenvalue weighted by Crippen LogP contribution is -2.50. The Morgan fingerprint density at radius 3 is 2.12 bits per heavy atom. The van der Waals surface area contributed by atoms with Crippen molar-refractivity contribution in [1.29, 1.82) is 0 Å². The molecule has 0 unspecified atom stereocenters. The van der Waals surface area contributed by atoms with Gasteiger partial charge in [-0.15, -0.1) is 0 Å². The van der Waals surface area contributed by atoms with E-state index in [1.54, 1.807) is 16.5 Å². The van der Waals surface area contributed by atoms with E-state index < -0.39 is 17.5 Å². The Morgan fingerprint density at radius 2 is 1.52 bits per heavy atom. The fraction of sp³-hybridized carbons (Fsp3) is 0.292. The fourth-order valence-electron chi connectivity index (χ4n) is 3.85. The number of hydrogen-bond acceptors (Lipinski definition) is 3. The molecular formula is C24H23ClF2N4O2. The lowest BCUT2D eigenvalue weighted by molar-refractivity contribution is 0.0534. The largest absolute Gasteiger partial charge is 0.335 e. The molecule has 0 aliphatic carbocycles. The molecule has 2 heterocycles. The highest BCUT2D eigenvalue weighted by Crippen LogP contribution is 2.24. The zero-order chi connectivity index (χ0) is 23.7. The average molecular weight is 473 g/mol. The molecule has 0 bridgehead atoms. The maximum absolute atomic E-state index is 13.5. The molecule has 0 spiro atoms. The molecule has 1 aromatic heterocycles. The van der Waals surface area contributed by atoms with Gasteiger partial charge in [0.2, 0.25) is 0 Å². The second kappa shape index (κ2) is 9.31. The van der Waals surface area contributed by atoms with Crippen LogP contribution in [-0.4, -0.2) is 57.6 Å². The van der Waals surface area contributed by atoms with Crippen LogP contribution >= 0.6 is 11.6 Å². The van der Waals surface area contributed by atoms with Crippen LogP contribution in [0, 0.1) is 25.5 Å². The summed E-state index contributed by atoms with van der Waals surface area (Å²) in [6, 6.07) is 11.1. The van der Waals surface area contributed by atoms with Gasteiger partial charge in [-0.25, -0.2) is 13.5 Å². The number of carbonyl (C=O) groups excluding carboxylic acids is 2. The molecule has 0 radical (unpaired) electrons. The first-order chi connectivity index (χ1) is 15.7. The fourth-order valence-corrected chi connectivity index (χ4v) is 4.17. The minimum absolute atomic E-state index is 0.0740. The van der Waals surface area contributed by atoms with Gasteiger partial charge in [-0.2, -0.15) is 5.10 Å². The Morgan fingerprint density at radius 1 is 0.909 bits per heavy atom. The van der Waals surface area contributed by atoms with Crippen LogP contribution in [0.4, 0.5) is 8.78 Å². The number of nitrogens with zero attached hydrogens (tertiary/aromatic N) is 4. The number of amides is 2. The van der Waals surface area contributed by atoms with Gasteiger partial charge in [-0.3, -0.25) is 9.59 Å². The van der Waals surface area contributed by atoms with Crippen molar-refractivity contribution < 1.29 is 18.4 Å². The van der Waals surface area contributed by atoms with Gasteiger partial charge in [0.05, 0.1) is 17.8 Å². The summed E-state index contributed by atoms with van der Waals surface area (Å²) in [6.45, 7) is 5.35. The number of rotatable bonds is 4. The molecular weight excluding hydrogens is 450 g/mol. The number of benzene rings is 2. The third-order valence-electron chi connectivity index (χ3n) is 5.75. The zero-order valence-electron chi connectivity index (χ0n) is 18.3. The minimum atomic E-state index is -1.07. The minimum Gasteiger partial charge on any atom is -0.335 e. The first kappa shape index (κ1) is 22.9. The van der Waals surface area contributed by atoms with Crippen LogP contribution in [0.1, 0.15) is 37.5 Å². The zero-order valence-corrected chi connectivity index (χ0v) is 19.1. The lowest BCUT2D eigenvalue weighted by atomic mass is 10.1. The molecule has 3 aromatic rings. The number of aryl methyl sites for hydroxylation is 2. The van der Waals surface area contributed by atoms with E-state index in [0.717, 1.165) is 23.3 Å². The maximum atomic E-state index is 13.5. The lowest BCUT2D eigenvalue weighted by Gasteiger charge is -2.34. The van der Waals surface area contributed by atoms with Crippen LogP contribution in [0.15, 0.2) is 42.5 Å². The van der Waals surface area contributed by atoms with Crippen molar-refractivity contribution in [3.8, 4) is 0 Å². The number of piperazine rings is 1. The Balaban J connectivity index is 1.43. The molecule has 2 amide bonds. The van der Waals surface area contributed by atoms with Gasteiger partial charge in [-0.1, -0.05) is 41.4 Å². The van der Waals surface area contributed by atoms with E-state index in [2.05, 4.69) is 5.10 Å². The molecule has 1 aliphatic heterocycles. The Bertz CT molecular complexity index is 1200. The van der Waals surface area contributed by atoms with Crippen molar-refractivity contribution in [2.75, 3.05) is 26.2 Å². The molecule has 2 aromatic carbocycles. The topological polar surface area (TPSA) is 58.4 Å². The number of hydrogen-bond donors (Lipinski definition) is 0. The highest BCUT2D eigenvalue weighted by atomic mass is 35.5. The van der Waals surface area contributed by atoms with Crippen LogP contribution in [0.5, 0.6) is 0 Å². The number of halogens is 3. The van der Waals surface area contributed by atoms with E-state index in [9.17, 15) is 18.4 Å². The molecule has 1 fully saturated rings.